The lowest BCUT2D eigenvalue weighted by Crippen LogP contribution is -2.43. The fourth-order valence-corrected chi connectivity index (χ4v) is 2.17. The van der Waals surface area contributed by atoms with E-state index in [1.165, 1.54) is 19.3 Å². The van der Waals surface area contributed by atoms with Gasteiger partial charge in [0.25, 0.3) is 0 Å². The van der Waals surface area contributed by atoms with E-state index in [9.17, 15) is 4.79 Å². The third kappa shape index (κ3) is 3.67. The fourth-order valence-electron chi connectivity index (χ4n) is 2.17. The molecule has 1 aliphatic carbocycles. The van der Waals surface area contributed by atoms with E-state index < -0.39 is 0 Å². The number of carbonyl (C=O) groups excluding carboxylic acids is 1. The molecule has 0 bridgehead atoms. The third-order valence-corrected chi connectivity index (χ3v) is 3.21. The van der Waals surface area contributed by atoms with Crippen LogP contribution < -0.4 is 10.6 Å². The van der Waals surface area contributed by atoms with Crippen LogP contribution in [0, 0.1) is 5.41 Å². The average molecular weight is 210 g/mol. The maximum atomic E-state index is 11.3. The van der Waals surface area contributed by atoms with Gasteiger partial charge in [0.2, 0.25) is 5.91 Å². The zero-order valence-electron chi connectivity index (χ0n) is 9.81. The topological polar surface area (TPSA) is 41.1 Å². The SMILES string of the molecule is C=CCNC(=O)CNC1CCCC1(C)C. The Morgan fingerprint density at radius 3 is 2.87 bits per heavy atom. The summed E-state index contributed by atoms with van der Waals surface area (Å²) in [6.07, 6.45) is 5.39. The molecule has 1 aliphatic rings. The molecule has 0 aliphatic heterocycles. The molecule has 1 fully saturated rings. The van der Waals surface area contributed by atoms with Crippen molar-refractivity contribution in [2.24, 2.45) is 5.41 Å². The highest BCUT2D eigenvalue weighted by molar-refractivity contribution is 5.78. The standard InChI is InChI=1S/C12H22N2O/c1-4-8-13-11(15)9-14-10-6-5-7-12(10,2)3/h4,10,14H,1,5-9H2,2-3H3,(H,13,15). The summed E-state index contributed by atoms with van der Waals surface area (Å²) in [5, 5.41) is 6.10. The lowest BCUT2D eigenvalue weighted by atomic mass is 9.87. The Bertz CT molecular complexity index is 236. The van der Waals surface area contributed by atoms with E-state index in [0.717, 1.165) is 0 Å². The maximum absolute atomic E-state index is 11.3. The van der Waals surface area contributed by atoms with E-state index in [0.29, 0.717) is 24.5 Å². The zero-order chi connectivity index (χ0) is 11.3. The molecule has 0 aromatic rings. The number of hydrogen-bond donors (Lipinski definition) is 2. The van der Waals surface area contributed by atoms with Gasteiger partial charge in [0.15, 0.2) is 0 Å². The van der Waals surface area contributed by atoms with Crippen LogP contribution in [-0.2, 0) is 4.79 Å². The summed E-state index contributed by atoms with van der Waals surface area (Å²) in [4.78, 5) is 11.3. The van der Waals surface area contributed by atoms with Gasteiger partial charge in [-0.05, 0) is 18.3 Å². The molecule has 0 saturated heterocycles. The van der Waals surface area contributed by atoms with Crippen molar-refractivity contribution in [3.05, 3.63) is 12.7 Å². The molecule has 0 aromatic heterocycles. The van der Waals surface area contributed by atoms with E-state index in [2.05, 4.69) is 31.1 Å². The Hall–Kier alpha value is -0.830. The number of nitrogens with one attached hydrogen (secondary N) is 2. The molecular weight excluding hydrogens is 188 g/mol. The second-order valence-electron chi connectivity index (χ2n) is 4.91. The summed E-state index contributed by atoms with van der Waals surface area (Å²) in [5.41, 5.74) is 0.332. The summed E-state index contributed by atoms with van der Waals surface area (Å²) in [7, 11) is 0. The van der Waals surface area contributed by atoms with Gasteiger partial charge in [-0.1, -0.05) is 26.3 Å². The van der Waals surface area contributed by atoms with Crippen molar-refractivity contribution in [2.45, 2.75) is 39.2 Å². The predicted octanol–water partition coefficient (Wildman–Crippen LogP) is 1.46. The van der Waals surface area contributed by atoms with Gasteiger partial charge in [-0.2, -0.15) is 0 Å². The van der Waals surface area contributed by atoms with Crippen molar-refractivity contribution < 1.29 is 4.79 Å². The van der Waals surface area contributed by atoms with E-state index >= 15 is 0 Å². The third-order valence-electron chi connectivity index (χ3n) is 3.21. The first kappa shape index (κ1) is 12.2. The van der Waals surface area contributed by atoms with Crippen molar-refractivity contribution in [3.8, 4) is 0 Å². The lowest BCUT2D eigenvalue weighted by Gasteiger charge is -2.27. The molecule has 1 atom stereocenters. The van der Waals surface area contributed by atoms with Crippen molar-refractivity contribution in [3.63, 3.8) is 0 Å². The molecule has 1 rings (SSSR count). The fraction of sp³-hybridized carbons (Fsp3) is 0.750. The Labute approximate surface area is 92.3 Å². The second-order valence-corrected chi connectivity index (χ2v) is 4.91. The summed E-state index contributed by atoms with van der Waals surface area (Å²) >= 11 is 0. The van der Waals surface area contributed by atoms with Gasteiger partial charge in [-0.15, -0.1) is 6.58 Å². The average Bonchev–Trinajstić information content (AvgIpc) is 2.51. The Balaban J connectivity index is 2.24. The minimum absolute atomic E-state index is 0.0533. The van der Waals surface area contributed by atoms with Crippen LogP contribution in [-0.4, -0.2) is 25.0 Å². The zero-order valence-corrected chi connectivity index (χ0v) is 9.81. The summed E-state index contributed by atoms with van der Waals surface area (Å²) < 4.78 is 0. The minimum atomic E-state index is 0.0533. The van der Waals surface area contributed by atoms with Crippen molar-refractivity contribution in [2.75, 3.05) is 13.1 Å². The lowest BCUT2D eigenvalue weighted by molar-refractivity contribution is -0.120. The van der Waals surface area contributed by atoms with E-state index in [4.69, 9.17) is 0 Å². The maximum Gasteiger partial charge on any atom is 0.234 e. The van der Waals surface area contributed by atoms with Crippen molar-refractivity contribution in [1.29, 1.82) is 0 Å². The smallest absolute Gasteiger partial charge is 0.234 e. The van der Waals surface area contributed by atoms with Gasteiger partial charge in [0, 0.05) is 12.6 Å². The molecule has 1 amide bonds. The number of carbonyl (C=O) groups is 1. The van der Waals surface area contributed by atoms with Gasteiger partial charge in [0.05, 0.1) is 6.54 Å². The highest BCUT2D eigenvalue weighted by Crippen LogP contribution is 2.36. The summed E-state index contributed by atoms with van der Waals surface area (Å²) in [5.74, 6) is 0.0533. The van der Waals surface area contributed by atoms with Gasteiger partial charge in [-0.25, -0.2) is 0 Å². The van der Waals surface area contributed by atoms with E-state index in [1.807, 2.05) is 0 Å². The van der Waals surface area contributed by atoms with Crippen molar-refractivity contribution in [1.82, 2.24) is 10.6 Å². The molecular formula is C12H22N2O. The highest BCUT2D eigenvalue weighted by atomic mass is 16.1. The molecule has 0 aromatic carbocycles. The Morgan fingerprint density at radius 1 is 1.60 bits per heavy atom. The van der Waals surface area contributed by atoms with Crippen molar-refractivity contribution >= 4 is 5.91 Å². The van der Waals surface area contributed by atoms with Crippen LogP contribution in [0.2, 0.25) is 0 Å². The molecule has 0 radical (unpaired) electrons. The van der Waals surface area contributed by atoms with Crippen LogP contribution in [0.4, 0.5) is 0 Å². The molecule has 0 spiro atoms. The van der Waals surface area contributed by atoms with Crippen LogP contribution in [0.1, 0.15) is 33.1 Å². The number of amides is 1. The minimum Gasteiger partial charge on any atom is -0.352 e. The normalized spacial score (nSPS) is 23.7. The number of hydrogen-bond acceptors (Lipinski definition) is 2. The van der Waals surface area contributed by atoms with Crippen LogP contribution in [0.25, 0.3) is 0 Å². The molecule has 15 heavy (non-hydrogen) atoms. The Morgan fingerprint density at radius 2 is 2.33 bits per heavy atom. The van der Waals surface area contributed by atoms with E-state index in [-0.39, 0.29) is 5.91 Å². The first-order chi connectivity index (χ1) is 7.06. The quantitative estimate of drug-likeness (QED) is 0.674. The largest absolute Gasteiger partial charge is 0.352 e. The first-order valence-corrected chi connectivity index (χ1v) is 5.67. The van der Waals surface area contributed by atoms with Crippen LogP contribution in [0.15, 0.2) is 12.7 Å². The van der Waals surface area contributed by atoms with Gasteiger partial charge < -0.3 is 10.6 Å². The van der Waals surface area contributed by atoms with E-state index in [1.54, 1.807) is 6.08 Å². The van der Waals surface area contributed by atoms with Gasteiger partial charge in [-0.3, -0.25) is 4.79 Å². The van der Waals surface area contributed by atoms with Crippen LogP contribution in [0.5, 0.6) is 0 Å². The number of rotatable bonds is 5. The predicted molar refractivity (Wildman–Crippen MR) is 62.6 cm³/mol. The molecule has 3 nitrogen and oxygen atoms in total. The van der Waals surface area contributed by atoms with Gasteiger partial charge in [0.1, 0.15) is 0 Å². The molecule has 1 saturated carbocycles. The summed E-state index contributed by atoms with van der Waals surface area (Å²) in [6, 6.07) is 0.479. The molecule has 1 unspecified atom stereocenters. The molecule has 86 valence electrons. The monoisotopic (exact) mass is 210 g/mol. The van der Waals surface area contributed by atoms with Crippen LogP contribution >= 0.6 is 0 Å². The second kappa shape index (κ2) is 5.31. The molecule has 0 heterocycles. The highest BCUT2D eigenvalue weighted by Gasteiger charge is 2.34. The summed E-state index contributed by atoms with van der Waals surface area (Å²) in [6.45, 7) is 9.05. The first-order valence-electron chi connectivity index (χ1n) is 5.67. The molecule has 2 N–H and O–H groups in total. The van der Waals surface area contributed by atoms with Crippen LogP contribution in [0.3, 0.4) is 0 Å². The van der Waals surface area contributed by atoms with Gasteiger partial charge >= 0.3 is 0 Å². The Kier molecular flexibility index (Phi) is 4.33. The molecule has 3 heteroatoms.